The zero-order valence-corrected chi connectivity index (χ0v) is 33.3. The Bertz CT molecular complexity index is 3580. The first kappa shape index (κ1) is 34.6. The number of pyridine rings is 2. The van der Waals surface area contributed by atoms with E-state index in [2.05, 4.69) is 157 Å². The van der Waals surface area contributed by atoms with Crippen LogP contribution in [0.1, 0.15) is 22.3 Å². The van der Waals surface area contributed by atoms with Crippen LogP contribution in [0.5, 0.6) is 0 Å². The third-order valence-corrected chi connectivity index (χ3v) is 12.9. The summed E-state index contributed by atoms with van der Waals surface area (Å²) in [6, 6.07) is 67.2. The Morgan fingerprint density at radius 2 is 1.05 bits per heavy atom. The van der Waals surface area contributed by atoms with Crippen molar-refractivity contribution in [2.45, 2.75) is 5.41 Å². The molecule has 2 aliphatic rings. The molecule has 1 atom stereocenters. The van der Waals surface area contributed by atoms with Crippen LogP contribution in [0.4, 0.5) is 0 Å². The van der Waals surface area contributed by atoms with Crippen molar-refractivity contribution < 1.29 is 4.42 Å². The van der Waals surface area contributed by atoms with Crippen molar-refractivity contribution >= 4 is 21.9 Å². The lowest BCUT2D eigenvalue weighted by molar-refractivity contribution is 0.669. The highest BCUT2D eigenvalue weighted by Crippen LogP contribution is 2.63. The van der Waals surface area contributed by atoms with Gasteiger partial charge < -0.3 is 4.42 Å². The van der Waals surface area contributed by atoms with Crippen LogP contribution in [0, 0.1) is 0 Å². The maximum absolute atomic E-state index is 6.87. The van der Waals surface area contributed by atoms with Gasteiger partial charge in [-0.25, -0.2) is 9.97 Å². The van der Waals surface area contributed by atoms with Gasteiger partial charge >= 0.3 is 0 Å². The summed E-state index contributed by atoms with van der Waals surface area (Å²) in [7, 11) is 0. The van der Waals surface area contributed by atoms with Crippen molar-refractivity contribution in [3.05, 3.63) is 229 Å². The molecule has 0 bridgehead atoms. The largest absolute Gasteiger partial charge is 0.455 e. The van der Waals surface area contributed by atoms with Crippen molar-refractivity contribution in [3.8, 4) is 78.5 Å². The summed E-state index contributed by atoms with van der Waals surface area (Å²) in [6.45, 7) is 0. The lowest BCUT2D eigenvalue weighted by Crippen LogP contribution is -2.29. The Labute approximate surface area is 357 Å². The topological polar surface area (TPSA) is 64.7 Å². The van der Waals surface area contributed by atoms with E-state index in [1.165, 1.54) is 50.1 Å². The SMILES string of the molecule is c1ccc(-c2cc(-c3ccc4c(c3)C3(c5ccccc5-c5ccccc5-4)c4ccccc4-c4c3ccc3c4oc4ccccc43)nc(-c3ccc(-c4cccnc4)nc3)n2)cc1. The molecule has 4 aromatic heterocycles. The van der Waals surface area contributed by atoms with Gasteiger partial charge in [0, 0.05) is 57.2 Å². The number of rotatable bonds is 4. The van der Waals surface area contributed by atoms with Gasteiger partial charge in [0.1, 0.15) is 11.2 Å². The van der Waals surface area contributed by atoms with Crippen LogP contribution in [0.2, 0.25) is 0 Å². The van der Waals surface area contributed by atoms with E-state index < -0.39 is 5.41 Å². The number of hydrogen-bond donors (Lipinski definition) is 0. The molecule has 2 aliphatic carbocycles. The van der Waals surface area contributed by atoms with E-state index in [1.54, 1.807) is 6.20 Å². The summed E-state index contributed by atoms with van der Waals surface area (Å²) >= 11 is 0. The van der Waals surface area contributed by atoms with Gasteiger partial charge in [-0.2, -0.15) is 0 Å². The summed E-state index contributed by atoms with van der Waals surface area (Å²) in [5, 5.41) is 2.24. The fourth-order valence-electron chi connectivity index (χ4n) is 10.2. The van der Waals surface area contributed by atoms with E-state index in [0.29, 0.717) is 5.82 Å². The highest BCUT2D eigenvalue weighted by Gasteiger charge is 2.50. The minimum atomic E-state index is -0.704. The summed E-state index contributed by atoms with van der Waals surface area (Å²) in [5.74, 6) is 0.607. The predicted molar refractivity (Wildman–Crippen MR) is 248 cm³/mol. The van der Waals surface area contributed by atoms with Gasteiger partial charge in [0.15, 0.2) is 5.82 Å². The number of aromatic nitrogens is 4. The maximum atomic E-state index is 6.87. The molecule has 0 aliphatic heterocycles. The van der Waals surface area contributed by atoms with Crippen LogP contribution in [0.15, 0.2) is 211 Å². The molecule has 0 saturated carbocycles. The molecule has 0 N–H and O–H groups in total. The molecule has 5 nitrogen and oxygen atoms in total. The molecule has 13 rings (SSSR count). The molecule has 1 spiro atoms. The van der Waals surface area contributed by atoms with E-state index in [-0.39, 0.29) is 0 Å². The zero-order chi connectivity index (χ0) is 40.8. The smallest absolute Gasteiger partial charge is 0.161 e. The number of fused-ring (bicyclic) bond motifs is 16. The number of furan rings is 1. The van der Waals surface area contributed by atoms with E-state index in [0.717, 1.165) is 66.8 Å². The number of nitrogens with zero attached hydrogens (tertiary/aromatic N) is 4. The monoisotopic (exact) mass is 790 g/mol. The maximum Gasteiger partial charge on any atom is 0.161 e. The van der Waals surface area contributed by atoms with Gasteiger partial charge in [-0.05, 0) is 92.5 Å². The first-order chi connectivity index (χ1) is 30.7. The fourth-order valence-corrected chi connectivity index (χ4v) is 10.2. The van der Waals surface area contributed by atoms with Gasteiger partial charge in [-0.15, -0.1) is 0 Å². The Kier molecular flexibility index (Phi) is 7.45. The van der Waals surface area contributed by atoms with Gasteiger partial charge in [0.2, 0.25) is 0 Å². The molecular formula is C57H34N4O. The first-order valence-corrected chi connectivity index (χ1v) is 20.9. The molecule has 0 amide bonds. The molecule has 288 valence electrons. The van der Waals surface area contributed by atoms with Crippen molar-refractivity contribution in [1.82, 2.24) is 19.9 Å². The highest BCUT2D eigenvalue weighted by molar-refractivity contribution is 6.13. The van der Waals surface area contributed by atoms with Crippen molar-refractivity contribution in [1.29, 1.82) is 0 Å². The zero-order valence-electron chi connectivity index (χ0n) is 33.3. The van der Waals surface area contributed by atoms with Crippen LogP contribution >= 0.6 is 0 Å². The lowest BCUT2D eigenvalue weighted by atomic mass is 9.65. The van der Waals surface area contributed by atoms with Crippen molar-refractivity contribution in [3.63, 3.8) is 0 Å². The second-order valence-corrected chi connectivity index (χ2v) is 16.1. The van der Waals surface area contributed by atoms with Crippen LogP contribution in [-0.2, 0) is 5.41 Å². The average molecular weight is 791 g/mol. The van der Waals surface area contributed by atoms with E-state index >= 15 is 0 Å². The van der Waals surface area contributed by atoms with Crippen molar-refractivity contribution in [2.24, 2.45) is 0 Å². The highest BCUT2D eigenvalue weighted by atomic mass is 16.3. The molecule has 0 fully saturated rings. The third kappa shape index (κ3) is 4.96. The molecule has 0 saturated heterocycles. The normalized spacial score (nSPS) is 14.5. The van der Waals surface area contributed by atoms with Crippen LogP contribution in [0.3, 0.4) is 0 Å². The van der Waals surface area contributed by atoms with Gasteiger partial charge in [0.25, 0.3) is 0 Å². The number of hydrogen-bond acceptors (Lipinski definition) is 5. The minimum Gasteiger partial charge on any atom is -0.455 e. The quantitative estimate of drug-likeness (QED) is 0.178. The van der Waals surface area contributed by atoms with E-state index in [4.69, 9.17) is 19.4 Å². The molecule has 7 aromatic carbocycles. The molecule has 11 aromatic rings. The fraction of sp³-hybridized carbons (Fsp3) is 0.0175. The van der Waals surface area contributed by atoms with E-state index in [1.807, 2.05) is 48.8 Å². The summed E-state index contributed by atoms with van der Waals surface area (Å²) in [4.78, 5) is 19.7. The van der Waals surface area contributed by atoms with Crippen LogP contribution in [-0.4, -0.2) is 19.9 Å². The summed E-state index contributed by atoms with van der Waals surface area (Å²) in [5.41, 5.74) is 19.4. The third-order valence-electron chi connectivity index (χ3n) is 12.9. The number of benzene rings is 7. The second kappa shape index (κ2) is 13.4. The Morgan fingerprint density at radius 3 is 1.82 bits per heavy atom. The van der Waals surface area contributed by atoms with Crippen LogP contribution < -0.4 is 0 Å². The molecule has 4 heterocycles. The van der Waals surface area contributed by atoms with Gasteiger partial charge in [-0.1, -0.05) is 146 Å². The lowest BCUT2D eigenvalue weighted by Gasteiger charge is -2.35. The molecule has 5 heteroatoms. The van der Waals surface area contributed by atoms with E-state index in [9.17, 15) is 0 Å². The molecule has 1 unspecified atom stereocenters. The Morgan fingerprint density at radius 1 is 0.387 bits per heavy atom. The number of para-hydroxylation sites is 1. The van der Waals surface area contributed by atoms with Gasteiger partial charge in [-0.3, -0.25) is 9.97 Å². The second-order valence-electron chi connectivity index (χ2n) is 16.1. The Hall–Kier alpha value is -8.28. The molecule has 62 heavy (non-hydrogen) atoms. The Balaban J connectivity index is 1.10. The van der Waals surface area contributed by atoms with Crippen molar-refractivity contribution in [2.75, 3.05) is 0 Å². The minimum absolute atomic E-state index is 0.607. The first-order valence-electron chi connectivity index (χ1n) is 20.9. The predicted octanol–water partition coefficient (Wildman–Crippen LogP) is 13.8. The van der Waals surface area contributed by atoms with Crippen LogP contribution in [0.25, 0.3) is 100 Å². The molecular weight excluding hydrogens is 757 g/mol. The summed E-state index contributed by atoms with van der Waals surface area (Å²) < 4.78 is 6.87. The van der Waals surface area contributed by atoms with Gasteiger partial charge in [0.05, 0.1) is 22.5 Å². The summed E-state index contributed by atoms with van der Waals surface area (Å²) in [6.07, 6.45) is 5.46. The standard InChI is InChI=1S/C57H34N4O/c1-2-13-35(14-3-1)51-32-52(61-56(60-51)38-25-29-50(59-34-38)37-15-12-30-58-33-37)36-24-26-42-40-17-5-4-16-39(40)41-18-6-9-21-46(41)57(49(42)31-36)47-22-10-7-20-45(47)54-48(57)28-27-44-43-19-8-11-23-53(43)62-55(44)54/h1-34H. The average Bonchev–Trinajstić information content (AvgIpc) is 3.85. The molecule has 0 radical (unpaired) electrons.